The summed E-state index contributed by atoms with van der Waals surface area (Å²) in [5, 5.41) is 3.21. The van der Waals surface area contributed by atoms with Gasteiger partial charge < -0.3 is 15.0 Å². The molecule has 1 fully saturated rings. The van der Waals surface area contributed by atoms with Gasteiger partial charge in [-0.25, -0.2) is 4.39 Å². The number of aryl methyl sites for hydroxylation is 1. The molecule has 0 aliphatic carbocycles. The van der Waals surface area contributed by atoms with Crippen LogP contribution in [0.3, 0.4) is 0 Å². The highest BCUT2D eigenvalue weighted by Crippen LogP contribution is 2.33. The number of benzene rings is 1. The minimum Gasteiger partial charge on any atom is -0.369 e. The standard InChI is InChI=1S/C17H27FN2O/c1-11-7-16(14(8-15(11)18)13(3)19-6)20-9-12(2)21-17(4,5)10-20/h7-8,12-13,19H,9-10H2,1-6H3. The molecule has 2 unspecified atom stereocenters. The summed E-state index contributed by atoms with van der Waals surface area (Å²) in [7, 11) is 1.90. The Labute approximate surface area is 127 Å². The van der Waals surface area contributed by atoms with E-state index in [0.29, 0.717) is 5.56 Å². The summed E-state index contributed by atoms with van der Waals surface area (Å²) in [5.41, 5.74) is 2.61. The van der Waals surface area contributed by atoms with Crippen LogP contribution in [0.15, 0.2) is 12.1 Å². The third kappa shape index (κ3) is 3.55. The quantitative estimate of drug-likeness (QED) is 0.924. The van der Waals surface area contributed by atoms with Crippen molar-refractivity contribution in [3.63, 3.8) is 0 Å². The van der Waals surface area contributed by atoms with Gasteiger partial charge in [-0.3, -0.25) is 0 Å². The third-order valence-corrected chi connectivity index (χ3v) is 4.12. The molecule has 0 bridgehead atoms. The summed E-state index contributed by atoms with van der Waals surface area (Å²) in [6, 6.07) is 3.74. The molecule has 1 aromatic rings. The van der Waals surface area contributed by atoms with Crippen LogP contribution in [0.5, 0.6) is 0 Å². The van der Waals surface area contributed by atoms with Crippen molar-refractivity contribution < 1.29 is 9.13 Å². The van der Waals surface area contributed by atoms with Crippen LogP contribution in [0.25, 0.3) is 0 Å². The minimum atomic E-state index is -0.194. The second kappa shape index (κ2) is 5.93. The molecular formula is C17H27FN2O. The molecule has 3 nitrogen and oxygen atoms in total. The van der Waals surface area contributed by atoms with Crippen LogP contribution in [-0.2, 0) is 4.74 Å². The molecule has 21 heavy (non-hydrogen) atoms. The predicted molar refractivity (Wildman–Crippen MR) is 85.5 cm³/mol. The number of anilines is 1. The van der Waals surface area contributed by atoms with Crippen LogP contribution >= 0.6 is 0 Å². The average Bonchev–Trinajstić information content (AvgIpc) is 2.38. The summed E-state index contributed by atoms with van der Waals surface area (Å²) in [5.74, 6) is -0.142. The number of nitrogens with zero attached hydrogens (tertiary/aromatic N) is 1. The zero-order valence-corrected chi connectivity index (χ0v) is 14.0. The normalized spacial score (nSPS) is 23.2. The molecule has 0 radical (unpaired) electrons. The van der Waals surface area contributed by atoms with E-state index in [1.54, 1.807) is 6.07 Å². The first-order valence-corrected chi connectivity index (χ1v) is 7.63. The van der Waals surface area contributed by atoms with Crippen molar-refractivity contribution in [3.8, 4) is 0 Å². The molecule has 0 aromatic heterocycles. The maximum Gasteiger partial charge on any atom is 0.126 e. The number of ether oxygens (including phenoxy) is 1. The van der Waals surface area contributed by atoms with Gasteiger partial charge in [0.2, 0.25) is 0 Å². The molecule has 1 heterocycles. The number of morpholine rings is 1. The third-order valence-electron chi connectivity index (χ3n) is 4.12. The number of hydrogen-bond donors (Lipinski definition) is 1. The first-order valence-electron chi connectivity index (χ1n) is 7.63. The van der Waals surface area contributed by atoms with Crippen molar-refractivity contribution in [1.82, 2.24) is 5.32 Å². The summed E-state index contributed by atoms with van der Waals surface area (Å²) in [6.45, 7) is 11.8. The first-order chi connectivity index (χ1) is 9.73. The Morgan fingerprint density at radius 2 is 2.10 bits per heavy atom. The Balaban J connectivity index is 2.44. The molecule has 0 amide bonds. The smallest absolute Gasteiger partial charge is 0.126 e. The van der Waals surface area contributed by atoms with E-state index in [1.807, 2.05) is 20.0 Å². The molecule has 4 heteroatoms. The molecule has 1 aliphatic heterocycles. The second-order valence-electron chi connectivity index (χ2n) is 6.74. The van der Waals surface area contributed by atoms with Gasteiger partial charge in [-0.05, 0) is 64.9 Å². The van der Waals surface area contributed by atoms with Crippen LogP contribution < -0.4 is 10.2 Å². The number of hydrogen-bond acceptors (Lipinski definition) is 3. The van der Waals surface area contributed by atoms with Crippen molar-refractivity contribution in [2.75, 3.05) is 25.0 Å². The van der Waals surface area contributed by atoms with Gasteiger partial charge in [0, 0.05) is 24.8 Å². The fourth-order valence-corrected chi connectivity index (χ4v) is 3.10. The number of nitrogens with one attached hydrogen (secondary N) is 1. The highest BCUT2D eigenvalue weighted by molar-refractivity contribution is 5.57. The van der Waals surface area contributed by atoms with Gasteiger partial charge in [-0.15, -0.1) is 0 Å². The topological polar surface area (TPSA) is 24.5 Å². The average molecular weight is 294 g/mol. The molecule has 1 aliphatic rings. The molecule has 2 atom stereocenters. The lowest BCUT2D eigenvalue weighted by molar-refractivity contribution is -0.0750. The summed E-state index contributed by atoms with van der Waals surface area (Å²) < 4.78 is 20.0. The lowest BCUT2D eigenvalue weighted by atomic mass is 9.99. The van der Waals surface area contributed by atoms with Gasteiger partial charge in [0.05, 0.1) is 11.7 Å². The Bertz CT molecular complexity index is 516. The van der Waals surface area contributed by atoms with E-state index in [2.05, 4.69) is 37.9 Å². The highest BCUT2D eigenvalue weighted by Gasteiger charge is 2.32. The fourth-order valence-electron chi connectivity index (χ4n) is 3.10. The van der Waals surface area contributed by atoms with Gasteiger partial charge in [0.25, 0.3) is 0 Å². The maximum absolute atomic E-state index is 14.0. The van der Waals surface area contributed by atoms with E-state index in [0.717, 1.165) is 24.3 Å². The fraction of sp³-hybridized carbons (Fsp3) is 0.647. The predicted octanol–water partition coefficient (Wildman–Crippen LogP) is 3.42. The van der Waals surface area contributed by atoms with Crippen LogP contribution in [0.4, 0.5) is 10.1 Å². The Morgan fingerprint density at radius 1 is 1.43 bits per heavy atom. The molecule has 1 aromatic carbocycles. The van der Waals surface area contributed by atoms with Gasteiger partial charge in [0.1, 0.15) is 5.82 Å². The van der Waals surface area contributed by atoms with Crippen molar-refractivity contribution in [3.05, 3.63) is 29.1 Å². The molecule has 118 valence electrons. The Morgan fingerprint density at radius 3 is 2.67 bits per heavy atom. The minimum absolute atomic E-state index is 0.108. The Hall–Kier alpha value is -1.13. The van der Waals surface area contributed by atoms with E-state index in [-0.39, 0.29) is 23.6 Å². The maximum atomic E-state index is 14.0. The SMILES string of the molecule is CNC(C)c1cc(F)c(C)cc1N1CC(C)OC(C)(C)C1. The first kappa shape index (κ1) is 16.2. The van der Waals surface area contributed by atoms with Crippen molar-refractivity contribution in [2.45, 2.75) is 52.4 Å². The van der Waals surface area contributed by atoms with Gasteiger partial charge >= 0.3 is 0 Å². The van der Waals surface area contributed by atoms with Crippen molar-refractivity contribution in [1.29, 1.82) is 0 Å². The number of halogens is 1. The second-order valence-corrected chi connectivity index (χ2v) is 6.74. The summed E-state index contributed by atoms with van der Waals surface area (Å²) >= 11 is 0. The van der Waals surface area contributed by atoms with Gasteiger partial charge in [0.15, 0.2) is 0 Å². The van der Waals surface area contributed by atoms with E-state index < -0.39 is 0 Å². The van der Waals surface area contributed by atoms with Crippen molar-refractivity contribution in [2.24, 2.45) is 0 Å². The van der Waals surface area contributed by atoms with Crippen LogP contribution in [-0.4, -0.2) is 31.8 Å². The van der Waals surface area contributed by atoms with Gasteiger partial charge in [-0.2, -0.15) is 0 Å². The van der Waals surface area contributed by atoms with Crippen LogP contribution in [0, 0.1) is 12.7 Å². The largest absolute Gasteiger partial charge is 0.369 e. The lowest BCUT2D eigenvalue weighted by Crippen LogP contribution is -2.52. The van der Waals surface area contributed by atoms with E-state index in [4.69, 9.17) is 4.74 Å². The van der Waals surface area contributed by atoms with Crippen LogP contribution in [0.2, 0.25) is 0 Å². The van der Waals surface area contributed by atoms with Crippen LogP contribution in [0.1, 0.15) is 44.9 Å². The van der Waals surface area contributed by atoms with E-state index >= 15 is 0 Å². The van der Waals surface area contributed by atoms with Crippen molar-refractivity contribution >= 4 is 5.69 Å². The molecular weight excluding hydrogens is 267 g/mol. The molecule has 1 saturated heterocycles. The lowest BCUT2D eigenvalue weighted by Gasteiger charge is -2.44. The monoisotopic (exact) mass is 294 g/mol. The van der Waals surface area contributed by atoms with Gasteiger partial charge in [-0.1, -0.05) is 0 Å². The number of rotatable bonds is 3. The molecule has 0 saturated carbocycles. The van der Waals surface area contributed by atoms with E-state index in [9.17, 15) is 4.39 Å². The summed E-state index contributed by atoms with van der Waals surface area (Å²) in [4.78, 5) is 2.32. The van der Waals surface area contributed by atoms with E-state index in [1.165, 1.54) is 0 Å². The highest BCUT2D eigenvalue weighted by atomic mass is 19.1. The zero-order valence-electron chi connectivity index (χ0n) is 14.0. The molecule has 0 spiro atoms. The summed E-state index contributed by atoms with van der Waals surface area (Å²) in [6.07, 6.45) is 0.164. The molecule has 1 N–H and O–H groups in total. The zero-order chi connectivity index (χ0) is 15.8. The Kier molecular flexibility index (Phi) is 4.59. The molecule has 2 rings (SSSR count).